The van der Waals surface area contributed by atoms with Gasteiger partial charge in [-0.15, -0.1) is 0 Å². The van der Waals surface area contributed by atoms with Gasteiger partial charge in [-0.1, -0.05) is 133 Å². The molecule has 49 heavy (non-hydrogen) atoms. The summed E-state index contributed by atoms with van der Waals surface area (Å²) >= 11 is 0. The van der Waals surface area contributed by atoms with Crippen LogP contribution in [0.25, 0.3) is 76.9 Å². The number of fused-ring (bicyclic) bond motifs is 7. The third-order valence-corrected chi connectivity index (χ3v) is 9.67. The van der Waals surface area contributed by atoms with Gasteiger partial charge in [0, 0.05) is 38.2 Å². The highest BCUT2D eigenvalue weighted by Gasteiger charge is 2.26. The van der Waals surface area contributed by atoms with Gasteiger partial charge in [-0.25, -0.2) is 0 Å². The highest BCUT2D eigenvalue weighted by atomic mass is 16.3. The van der Waals surface area contributed by atoms with E-state index < -0.39 is 0 Å². The number of nitrogens with zero attached hydrogens (tertiary/aromatic N) is 1. The van der Waals surface area contributed by atoms with Crippen LogP contribution in [0.2, 0.25) is 0 Å². The summed E-state index contributed by atoms with van der Waals surface area (Å²) in [6.45, 7) is 0. The molecule has 0 radical (unpaired) electrons. The van der Waals surface area contributed by atoms with Crippen LogP contribution in [0.5, 0.6) is 0 Å². The van der Waals surface area contributed by atoms with Gasteiger partial charge in [-0.05, 0) is 64.5 Å². The van der Waals surface area contributed by atoms with Crippen LogP contribution in [0.15, 0.2) is 185 Å². The molecule has 0 fully saturated rings. The summed E-state index contributed by atoms with van der Waals surface area (Å²) in [4.78, 5) is 2.39. The Hall–Kier alpha value is -6.58. The van der Waals surface area contributed by atoms with Crippen LogP contribution < -0.4 is 4.90 Å². The fraction of sp³-hybridized carbons (Fsp3) is 0. The van der Waals surface area contributed by atoms with Gasteiger partial charge in [0.15, 0.2) is 5.58 Å². The van der Waals surface area contributed by atoms with E-state index in [9.17, 15) is 0 Å². The summed E-state index contributed by atoms with van der Waals surface area (Å²) in [5.74, 6) is 0. The van der Waals surface area contributed by atoms with E-state index in [1.54, 1.807) is 0 Å². The average molecular weight is 628 g/mol. The number of hydrogen-bond acceptors (Lipinski definition) is 3. The molecular formula is C46H29NO2. The standard InChI is InChI=1S/C46H29NO2/c1-3-13-30(14-4-1)33-26-27-41(36-18-8-7-17-35(33)36)47(32-23-28-44-40(29-32)38-20-10-11-21-42(38)48-44)45-34(31-15-5-2-6-16-31)24-25-39-37-19-9-12-22-43(37)49-46(39)45/h1-29H. The molecule has 0 saturated heterocycles. The molecule has 0 aliphatic carbocycles. The van der Waals surface area contributed by atoms with Crippen molar-refractivity contribution in [3.8, 4) is 22.3 Å². The second-order valence-corrected chi connectivity index (χ2v) is 12.5. The first-order valence-corrected chi connectivity index (χ1v) is 16.6. The Bertz CT molecular complexity index is 2830. The summed E-state index contributed by atoms with van der Waals surface area (Å²) in [7, 11) is 0. The third kappa shape index (κ3) is 4.37. The predicted octanol–water partition coefficient (Wildman–Crippen LogP) is 13.4. The average Bonchev–Trinajstić information content (AvgIpc) is 3.74. The van der Waals surface area contributed by atoms with E-state index in [4.69, 9.17) is 8.83 Å². The van der Waals surface area contributed by atoms with Crippen molar-refractivity contribution >= 4 is 71.7 Å². The number of anilines is 3. The van der Waals surface area contributed by atoms with Gasteiger partial charge in [0.2, 0.25) is 0 Å². The second-order valence-electron chi connectivity index (χ2n) is 12.5. The highest BCUT2D eigenvalue weighted by Crippen LogP contribution is 2.50. The minimum Gasteiger partial charge on any atom is -0.456 e. The summed E-state index contributed by atoms with van der Waals surface area (Å²) in [5.41, 5.74) is 11.1. The maximum atomic E-state index is 6.86. The van der Waals surface area contributed by atoms with Crippen molar-refractivity contribution < 1.29 is 8.83 Å². The van der Waals surface area contributed by atoms with Crippen LogP contribution in [-0.4, -0.2) is 0 Å². The quantitative estimate of drug-likeness (QED) is 0.190. The van der Waals surface area contributed by atoms with Gasteiger partial charge in [0.1, 0.15) is 16.7 Å². The number of hydrogen-bond donors (Lipinski definition) is 0. The molecule has 10 aromatic rings. The van der Waals surface area contributed by atoms with Crippen molar-refractivity contribution in [2.24, 2.45) is 0 Å². The second kappa shape index (κ2) is 11.0. The van der Waals surface area contributed by atoms with Gasteiger partial charge in [-0.3, -0.25) is 0 Å². The molecule has 0 unspecified atom stereocenters. The third-order valence-electron chi connectivity index (χ3n) is 9.67. The van der Waals surface area contributed by atoms with Crippen molar-refractivity contribution in [2.75, 3.05) is 4.90 Å². The lowest BCUT2D eigenvalue weighted by Crippen LogP contribution is -2.12. The van der Waals surface area contributed by atoms with Gasteiger partial charge >= 0.3 is 0 Å². The van der Waals surface area contributed by atoms with Crippen molar-refractivity contribution in [1.82, 2.24) is 0 Å². The Morgan fingerprint density at radius 2 is 0.898 bits per heavy atom. The Morgan fingerprint density at radius 1 is 0.347 bits per heavy atom. The molecular weight excluding hydrogens is 599 g/mol. The van der Waals surface area contributed by atoms with Crippen molar-refractivity contribution in [3.05, 3.63) is 176 Å². The summed E-state index contributed by atoms with van der Waals surface area (Å²) in [5, 5.41) is 6.67. The van der Waals surface area contributed by atoms with Crippen LogP contribution in [-0.2, 0) is 0 Å². The van der Waals surface area contributed by atoms with E-state index in [1.165, 1.54) is 16.5 Å². The zero-order chi connectivity index (χ0) is 32.3. The first-order chi connectivity index (χ1) is 24.3. The molecule has 3 nitrogen and oxygen atoms in total. The Kier molecular flexibility index (Phi) is 6.18. The summed E-state index contributed by atoms with van der Waals surface area (Å²) < 4.78 is 13.2. The van der Waals surface area contributed by atoms with E-state index in [-0.39, 0.29) is 0 Å². The predicted molar refractivity (Wildman–Crippen MR) is 204 cm³/mol. The first-order valence-electron chi connectivity index (χ1n) is 16.6. The normalized spacial score (nSPS) is 11.7. The van der Waals surface area contributed by atoms with Crippen LogP contribution in [0.4, 0.5) is 17.1 Å². The van der Waals surface area contributed by atoms with Gasteiger partial charge in [0.05, 0.1) is 11.4 Å². The Balaban J connectivity index is 1.35. The van der Waals surface area contributed by atoms with E-state index in [0.717, 1.165) is 77.5 Å². The van der Waals surface area contributed by atoms with Crippen LogP contribution >= 0.6 is 0 Å². The molecule has 8 aromatic carbocycles. The van der Waals surface area contributed by atoms with Crippen LogP contribution in [0, 0.1) is 0 Å². The van der Waals surface area contributed by atoms with E-state index >= 15 is 0 Å². The lowest BCUT2D eigenvalue weighted by Gasteiger charge is -2.29. The monoisotopic (exact) mass is 627 g/mol. The highest BCUT2D eigenvalue weighted by molar-refractivity contribution is 6.16. The summed E-state index contributed by atoms with van der Waals surface area (Å²) in [6.07, 6.45) is 0. The topological polar surface area (TPSA) is 29.5 Å². The minimum atomic E-state index is 0.843. The van der Waals surface area contributed by atoms with Crippen molar-refractivity contribution in [3.63, 3.8) is 0 Å². The fourth-order valence-electron chi connectivity index (χ4n) is 7.44. The number of benzene rings is 8. The summed E-state index contributed by atoms with van der Waals surface area (Å²) in [6, 6.07) is 62.0. The van der Waals surface area contributed by atoms with E-state index in [2.05, 4.69) is 163 Å². The molecule has 0 atom stereocenters. The Labute approximate surface area is 282 Å². The molecule has 0 bridgehead atoms. The maximum Gasteiger partial charge on any atom is 0.160 e. The smallest absolute Gasteiger partial charge is 0.160 e. The van der Waals surface area contributed by atoms with Gasteiger partial charge in [0.25, 0.3) is 0 Å². The zero-order valence-corrected chi connectivity index (χ0v) is 26.5. The van der Waals surface area contributed by atoms with Crippen molar-refractivity contribution in [1.29, 1.82) is 0 Å². The molecule has 0 spiro atoms. The lowest BCUT2D eigenvalue weighted by molar-refractivity contribution is 0.669. The minimum absolute atomic E-state index is 0.843. The molecule has 2 heterocycles. The molecule has 3 heteroatoms. The van der Waals surface area contributed by atoms with Gasteiger partial charge in [-0.2, -0.15) is 0 Å². The fourth-order valence-corrected chi connectivity index (χ4v) is 7.44. The maximum absolute atomic E-state index is 6.86. The first kappa shape index (κ1) is 27.5. The SMILES string of the molecule is c1ccc(-c2ccc3c(oc4ccccc43)c2N(c2ccc3oc4ccccc4c3c2)c2ccc(-c3ccccc3)c3ccccc23)cc1. The van der Waals surface area contributed by atoms with E-state index in [0.29, 0.717) is 0 Å². The van der Waals surface area contributed by atoms with E-state index in [1.807, 2.05) is 18.2 Å². The largest absolute Gasteiger partial charge is 0.456 e. The lowest BCUT2D eigenvalue weighted by atomic mass is 9.95. The number of rotatable bonds is 5. The molecule has 0 aliphatic heterocycles. The number of para-hydroxylation sites is 2. The molecule has 0 saturated carbocycles. The van der Waals surface area contributed by atoms with Crippen molar-refractivity contribution in [2.45, 2.75) is 0 Å². The van der Waals surface area contributed by atoms with Gasteiger partial charge < -0.3 is 13.7 Å². The molecule has 0 N–H and O–H groups in total. The zero-order valence-electron chi connectivity index (χ0n) is 26.5. The number of furan rings is 2. The Morgan fingerprint density at radius 3 is 1.63 bits per heavy atom. The molecule has 10 rings (SSSR count). The van der Waals surface area contributed by atoms with Crippen LogP contribution in [0.3, 0.4) is 0 Å². The molecule has 230 valence electrons. The molecule has 0 amide bonds. The molecule has 0 aliphatic rings. The molecule has 2 aromatic heterocycles. The van der Waals surface area contributed by atoms with Crippen LogP contribution in [0.1, 0.15) is 0 Å².